The first-order valence-corrected chi connectivity index (χ1v) is 39.4. The number of aliphatic carboxylic acids is 2. The average molecular weight is 1660 g/mol. The second-order valence-electron chi connectivity index (χ2n) is 28.2. The summed E-state index contributed by atoms with van der Waals surface area (Å²) in [7, 11) is 0. The van der Waals surface area contributed by atoms with E-state index in [1.165, 1.54) is 60.3 Å². The zero-order chi connectivity index (χ0) is 86.9. The number of aromatic hydroxyl groups is 2. The topological polar surface area (TPSA) is 711 Å². The molecule has 0 spiro atoms. The number of aliphatic imine (C=N–C) groups is 1. The fourth-order valence-corrected chi connectivity index (χ4v) is 12.4. The van der Waals surface area contributed by atoms with Crippen LogP contribution in [-0.2, 0) is 89.6 Å². The normalized spacial score (nSPS) is 15.8. The molecular formula is C73H116N20O22S. The number of aliphatic hydroxyl groups is 2. The second-order valence-corrected chi connectivity index (χ2v) is 29.2. The van der Waals surface area contributed by atoms with Crippen LogP contribution in [0.4, 0.5) is 0 Å². The lowest BCUT2D eigenvalue weighted by Crippen LogP contribution is -2.61. The fraction of sp³-hybridized carbons (Fsp3) is 0.603. The molecule has 646 valence electrons. The maximum Gasteiger partial charge on any atom is 0.326 e. The highest BCUT2D eigenvalue weighted by atomic mass is 32.2. The summed E-state index contributed by atoms with van der Waals surface area (Å²) in [4.78, 5) is 224. The summed E-state index contributed by atoms with van der Waals surface area (Å²) in [5.74, 6) is -18.4. The van der Waals surface area contributed by atoms with Gasteiger partial charge in [-0.2, -0.15) is 11.8 Å². The van der Waals surface area contributed by atoms with Crippen molar-refractivity contribution in [1.82, 2.24) is 68.7 Å². The lowest BCUT2D eigenvalue weighted by molar-refractivity contribution is -0.147. The molecule has 0 saturated carbocycles. The number of primary amides is 1. The summed E-state index contributed by atoms with van der Waals surface area (Å²) in [6.45, 7) is 3.79. The van der Waals surface area contributed by atoms with E-state index in [-0.39, 0.29) is 107 Å². The largest absolute Gasteiger partial charge is 0.508 e. The Kier molecular flexibility index (Phi) is 44.2. The van der Waals surface area contributed by atoms with Crippen LogP contribution in [0.25, 0.3) is 0 Å². The molecule has 0 aromatic heterocycles. The number of hydrogen-bond acceptors (Lipinski definition) is 25. The Morgan fingerprint density at radius 1 is 0.517 bits per heavy atom. The first kappa shape index (κ1) is 99.2. The third-order valence-corrected chi connectivity index (χ3v) is 19.3. The van der Waals surface area contributed by atoms with Crippen LogP contribution < -0.4 is 98.2 Å². The van der Waals surface area contributed by atoms with Crippen LogP contribution in [0.15, 0.2) is 53.5 Å². The number of nitrogens with two attached hydrogens (primary N) is 6. The second kappa shape index (κ2) is 51.7. The van der Waals surface area contributed by atoms with E-state index in [1.54, 1.807) is 27.7 Å². The van der Waals surface area contributed by atoms with Gasteiger partial charge in [0.1, 0.15) is 84.0 Å². The molecule has 3 rings (SSSR count). The number of rotatable bonds is 54. The number of guanidine groups is 1. The summed E-state index contributed by atoms with van der Waals surface area (Å²) < 4.78 is 0. The SMILES string of the molecule is CC[C@H](C)[C@H](NC(=O)[C@H](CCCN=C(N)N)NC(=O)[C@@H](NC(=O)[C@@H](N)CCSC)C(C)C)C(=O)N[C@@H](CCCCN)C(=O)N[C@@H](Cc1ccc(O)cc1)C(=O)NCC(=O)N[C@@H](CO)C(=O)N[C@@H](Cc1ccc(O)cc1)C(=O)N[C@@H](CC(N)=O)C(=O)N[C@@H](CCCCN)C(=O)N1CCC[C@H]1C(=O)N[C@@H](CO)C(=O)N[C@@H](CC(=O)O)C(=O)O. The summed E-state index contributed by atoms with van der Waals surface area (Å²) in [5.41, 5.74) is 35.0. The molecule has 42 nitrogen and oxygen atoms in total. The third kappa shape index (κ3) is 35.0. The molecule has 1 fully saturated rings. The number of amides is 14. The van der Waals surface area contributed by atoms with Crippen LogP contribution in [-0.4, -0.2) is 273 Å². The zero-order valence-corrected chi connectivity index (χ0v) is 66.5. The Morgan fingerprint density at radius 3 is 1.46 bits per heavy atom. The average Bonchev–Trinajstić information content (AvgIpc) is 1.64. The number of carbonyl (C=O) groups excluding carboxylic acids is 14. The molecule has 30 N–H and O–H groups in total. The number of hydrogen-bond donors (Lipinski definition) is 24. The van der Waals surface area contributed by atoms with Gasteiger partial charge in [-0.1, -0.05) is 58.4 Å². The van der Waals surface area contributed by atoms with Gasteiger partial charge in [-0.25, -0.2) is 4.79 Å². The van der Waals surface area contributed by atoms with Crippen LogP contribution in [0.1, 0.15) is 129 Å². The first-order valence-electron chi connectivity index (χ1n) is 38.0. The molecule has 0 radical (unpaired) electrons. The first-order chi connectivity index (χ1) is 54.9. The highest BCUT2D eigenvalue weighted by molar-refractivity contribution is 7.98. The molecule has 1 saturated heterocycles. The smallest absolute Gasteiger partial charge is 0.326 e. The van der Waals surface area contributed by atoms with E-state index in [9.17, 15) is 102 Å². The molecule has 1 aliphatic rings. The Bertz CT molecular complexity index is 3670. The monoisotopic (exact) mass is 1660 g/mol. The maximum atomic E-state index is 14.6. The van der Waals surface area contributed by atoms with Gasteiger partial charge in [-0.05, 0) is 143 Å². The number of aliphatic hydroxyl groups excluding tert-OH is 2. The molecule has 2 aromatic carbocycles. The minimum Gasteiger partial charge on any atom is -0.508 e. The van der Waals surface area contributed by atoms with Gasteiger partial charge in [0.15, 0.2) is 5.96 Å². The lowest BCUT2D eigenvalue weighted by atomic mass is 9.96. The molecular weight excluding hydrogens is 1540 g/mol. The Morgan fingerprint density at radius 2 is 0.966 bits per heavy atom. The van der Waals surface area contributed by atoms with Gasteiger partial charge < -0.3 is 134 Å². The number of carboxylic acid groups (broad SMARTS) is 2. The summed E-state index contributed by atoms with van der Waals surface area (Å²) in [5, 5.41) is 88.8. The minimum absolute atomic E-state index is 0.0208. The summed E-state index contributed by atoms with van der Waals surface area (Å²) in [6, 6.07) is -9.39. The van der Waals surface area contributed by atoms with Crippen molar-refractivity contribution in [3.8, 4) is 11.5 Å². The van der Waals surface area contributed by atoms with Gasteiger partial charge in [0.2, 0.25) is 82.7 Å². The summed E-state index contributed by atoms with van der Waals surface area (Å²) >= 11 is 1.48. The van der Waals surface area contributed by atoms with Gasteiger partial charge in [0.05, 0.1) is 38.6 Å². The number of phenols is 2. The molecule has 0 unspecified atom stereocenters. The molecule has 1 aliphatic heterocycles. The van der Waals surface area contributed by atoms with E-state index < -0.39 is 224 Å². The third-order valence-electron chi connectivity index (χ3n) is 18.7. The lowest BCUT2D eigenvalue weighted by Gasteiger charge is -2.31. The quantitative estimate of drug-likeness (QED) is 0.0166. The molecule has 1 heterocycles. The van der Waals surface area contributed by atoms with Gasteiger partial charge in [-0.3, -0.25) is 76.9 Å². The van der Waals surface area contributed by atoms with E-state index in [1.807, 2.05) is 11.6 Å². The van der Waals surface area contributed by atoms with Gasteiger partial charge in [-0.15, -0.1) is 0 Å². The number of nitrogens with one attached hydrogen (secondary N) is 12. The number of carboxylic acids is 2. The molecule has 0 aliphatic carbocycles. The number of unbranched alkanes of at least 4 members (excludes halogenated alkanes) is 2. The summed E-state index contributed by atoms with van der Waals surface area (Å²) in [6.07, 6.45) is 0.871. The number of likely N-dealkylation sites (tertiary alicyclic amines) is 1. The van der Waals surface area contributed by atoms with Crippen molar-refractivity contribution in [2.24, 2.45) is 51.2 Å². The minimum atomic E-state index is -1.95. The maximum absolute atomic E-state index is 14.6. The van der Waals surface area contributed by atoms with Crippen molar-refractivity contribution in [1.29, 1.82) is 0 Å². The zero-order valence-electron chi connectivity index (χ0n) is 65.7. The molecule has 0 bridgehead atoms. The predicted molar refractivity (Wildman–Crippen MR) is 421 cm³/mol. The van der Waals surface area contributed by atoms with E-state index >= 15 is 0 Å². The number of benzene rings is 2. The van der Waals surface area contributed by atoms with Crippen molar-refractivity contribution in [2.75, 3.05) is 57.9 Å². The standard InChI is InChI=1S/C73H116N20O22S/c1-6-39(4)59(92-63(105)46(15-11-28-80-73(78)79)83-69(111)58(38(2)3)91-60(102)44(76)25-30-116-5)70(112)84-45(13-7-9-26-74)62(104)86-48(31-40-17-21-42(96)22-18-40)61(103)81-35-56(99)82-52(36-94)66(108)87-49(32-41-19-23-43(97)24-20-41)64(106)88-50(33-55(77)98)65(107)85-47(14-8-10-27-75)71(113)93-29-12-16-54(93)68(110)90-53(37-95)67(109)89-51(72(114)115)34-57(100)101/h17-24,38-39,44-54,58-59,94-97H,6-16,25-37,74-76H2,1-5H3,(H2,77,98)(H,81,103)(H,82,99)(H,83,111)(H,84,112)(H,85,107)(H,86,104)(H,87,108)(H,88,106)(H,89,109)(H,90,110)(H,91,102)(H,92,105)(H,100,101)(H,114,115)(H4,78,79,80)/t39-,44-,45-,46-,47-,48-,49-,50-,51-,52-,53-,54-,58-,59-/m0/s1. The van der Waals surface area contributed by atoms with Gasteiger partial charge >= 0.3 is 11.9 Å². The molecule has 2 aromatic rings. The Hall–Kier alpha value is -11.0. The predicted octanol–water partition coefficient (Wildman–Crippen LogP) is -7.16. The van der Waals surface area contributed by atoms with Crippen LogP contribution in [0, 0.1) is 11.8 Å². The van der Waals surface area contributed by atoms with Crippen molar-refractivity contribution < 1.29 is 107 Å². The van der Waals surface area contributed by atoms with E-state index in [2.05, 4.69) is 63.5 Å². The van der Waals surface area contributed by atoms with Crippen LogP contribution >= 0.6 is 11.8 Å². The Balaban J connectivity index is 1.92. The van der Waals surface area contributed by atoms with Crippen molar-refractivity contribution in [3.63, 3.8) is 0 Å². The molecule has 43 heteroatoms. The highest BCUT2D eigenvalue weighted by Gasteiger charge is 2.42. The van der Waals surface area contributed by atoms with E-state index in [4.69, 9.17) is 39.5 Å². The Labute approximate surface area is 675 Å². The number of carbonyl (C=O) groups is 16. The number of phenolic OH excluding ortho intramolecular Hbond substituents is 2. The van der Waals surface area contributed by atoms with Crippen LogP contribution in [0.2, 0.25) is 0 Å². The van der Waals surface area contributed by atoms with Crippen molar-refractivity contribution in [2.45, 2.75) is 209 Å². The van der Waals surface area contributed by atoms with Crippen molar-refractivity contribution >= 4 is 112 Å². The number of thioether (sulfide) groups is 1. The van der Waals surface area contributed by atoms with E-state index in [0.717, 1.165) is 4.90 Å². The van der Waals surface area contributed by atoms with Crippen LogP contribution in [0.5, 0.6) is 11.5 Å². The number of nitrogens with zero attached hydrogens (tertiary/aromatic N) is 2. The highest BCUT2D eigenvalue weighted by Crippen LogP contribution is 2.22. The molecule has 116 heavy (non-hydrogen) atoms. The van der Waals surface area contributed by atoms with E-state index in [0.29, 0.717) is 37.0 Å². The molecule has 14 atom stereocenters. The van der Waals surface area contributed by atoms with Crippen LogP contribution in [0.3, 0.4) is 0 Å². The van der Waals surface area contributed by atoms with Gasteiger partial charge in [0, 0.05) is 25.9 Å². The fourth-order valence-electron chi connectivity index (χ4n) is 11.9. The van der Waals surface area contributed by atoms with Gasteiger partial charge in [0.25, 0.3) is 0 Å². The van der Waals surface area contributed by atoms with Crippen molar-refractivity contribution in [3.05, 3.63) is 59.7 Å². The molecule has 14 amide bonds.